The number of piperidine rings is 1. The second kappa shape index (κ2) is 10.5. The molecule has 0 radical (unpaired) electrons. The molecule has 1 N–H and O–H groups in total. The number of aryl methyl sites for hydroxylation is 1. The van der Waals surface area contributed by atoms with Crippen molar-refractivity contribution in [2.24, 2.45) is 0 Å². The number of ether oxygens (including phenoxy) is 1. The van der Waals surface area contributed by atoms with Gasteiger partial charge in [-0.2, -0.15) is 0 Å². The van der Waals surface area contributed by atoms with Crippen molar-refractivity contribution in [3.05, 3.63) is 29.8 Å². The maximum Gasteiger partial charge on any atom is 0.409 e. The van der Waals surface area contributed by atoms with Crippen LogP contribution in [0.1, 0.15) is 25.3 Å². The molecule has 0 atom stereocenters. The molecule has 0 aromatic heterocycles. The van der Waals surface area contributed by atoms with Crippen LogP contribution in [0.5, 0.6) is 0 Å². The number of thiocarbonyl (C=S) groups is 1. The summed E-state index contributed by atoms with van der Waals surface area (Å²) in [6.45, 7) is 7.51. The Labute approximate surface area is 168 Å². The molecule has 27 heavy (non-hydrogen) atoms. The fourth-order valence-corrected chi connectivity index (χ4v) is 3.61. The second-order valence-corrected chi connectivity index (χ2v) is 7.60. The van der Waals surface area contributed by atoms with Crippen LogP contribution in [-0.4, -0.2) is 78.8 Å². The maximum absolute atomic E-state index is 11.9. The van der Waals surface area contributed by atoms with Gasteiger partial charge in [0.25, 0.3) is 0 Å². The van der Waals surface area contributed by atoms with Crippen LogP contribution in [0.2, 0.25) is 0 Å². The molecular formula is C20H32N4O2S. The van der Waals surface area contributed by atoms with E-state index in [4.69, 9.17) is 17.0 Å². The van der Waals surface area contributed by atoms with E-state index in [1.807, 2.05) is 19.1 Å². The van der Waals surface area contributed by atoms with Crippen molar-refractivity contribution in [1.82, 2.24) is 14.7 Å². The van der Waals surface area contributed by atoms with Gasteiger partial charge in [-0.3, -0.25) is 0 Å². The van der Waals surface area contributed by atoms with Crippen molar-refractivity contribution in [2.45, 2.75) is 32.7 Å². The van der Waals surface area contributed by atoms with E-state index in [1.54, 1.807) is 4.90 Å². The first kappa shape index (κ1) is 21.4. The third-order valence-electron chi connectivity index (χ3n) is 4.75. The van der Waals surface area contributed by atoms with Crippen LogP contribution in [0.15, 0.2) is 24.3 Å². The van der Waals surface area contributed by atoms with E-state index in [1.165, 1.54) is 5.56 Å². The zero-order chi connectivity index (χ0) is 19.8. The number of rotatable bonds is 6. The molecule has 1 aliphatic rings. The van der Waals surface area contributed by atoms with Gasteiger partial charge in [0.15, 0.2) is 5.11 Å². The first-order valence-electron chi connectivity index (χ1n) is 9.61. The Bertz CT molecular complexity index is 630. The van der Waals surface area contributed by atoms with Crippen molar-refractivity contribution in [3.63, 3.8) is 0 Å². The van der Waals surface area contributed by atoms with Crippen molar-refractivity contribution >= 4 is 29.1 Å². The summed E-state index contributed by atoms with van der Waals surface area (Å²) in [6, 6.07) is 8.55. The highest BCUT2D eigenvalue weighted by Crippen LogP contribution is 2.19. The van der Waals surface area contributed by atoms with Gasteiger partial charge in [-0.15, -0.1) is 0 Å². The lowest BCUT2D eigenvalue weighted by Gasteiger charge is -2.40. The predicted octanol–water partition coefficient (Wildman–Crippen LogP) is 3.18. The van der Waals surface area contributed by atoms with E-state index < -0.39 is 0 Å². The second-order valence-electron chi connectivity index (χ2n) is 7.21. The zero-order valence-corrected chi connectivity index (χ0v) is 17.7. The molecule has 1 aromatic rings. The molecule has 1 amide bonds. The summed E-state index contributed by atoms with van der Waals surface area (Å²) in [4.78, 5) is 18.2. The molecule has 1 aromatic carbocycles. The van der Waals surface area contributed by atoms with Gasteiger partial charge in [0.05, 0.1) is 6.61 Å². The molecule has 7 heteroatoms. The molecule has 0 spiro atoms. The third kappa shape index (κ3) is 6.66. The van der Waals surface area contributed by atoms with Crippen molar-refractivity contribution < 1.29 is 9.53 Å². The standard InChI is InChI=1S/C20H32N4O2S/c1-5-26-20(25)23-11-9-18(10-12-23)24(14-13-22(3)4)19(27)21-17-8-6-7-16(2)15-17/h6-8,15,18H,5,9-14H2,1-4H3,(H,21,27). The van der Waals surface area contributed by atoms with Crippen LogP contribution in [0.3, 0.4) is 0 Å². The summed E-state index contributed by atoms with van der Waals surface area (Å²) < 4.78 is 5.12. The number of amides is 1. The normalized spacial score (nSPS) is 14.9. The zero-order valence-electron chi connectivity index (χ0n) is 16.9. The van der Waals surface area contributed by atoms with Crippen molar-refractivity contribution in [2.75, 3.05) is 52.2 Å². The number of carbonyl (C=O) groups is 1. The summed E-state index contributed by atoms with van der Waals surface area (Å²) in [5.74, 6) is 0. The fourth-order valence-electron chi connectivity index (χ4n) is 3.25. The summed E-state index contributed by atoms with van der Waals surface area (Å²) >= 11 is 5.75. The monoisotopic (exact) mass is 392 g/mol. The van der Waals surface area contributed by atoms with Crippen molar-refractivity contribution in [1.29, 1.82) is 0 Å². The molecular weight excluding hydrogens is 360 g/mol. The summed E-state index contributed by atoms with van der Waals surface area (Å²) in [6.07, 6.45) is 1.57. The SMILES string of the molecule is CCOC(=O)N1CCC(N(CCN(C)C)C(=S)Nc2cccc(C)c2)CC1. The summed E-state index contributed by atoms with van der Waals surface area (Å²) in [5, 5.41) is 4.14. The van der Waals surface area contributed by atoms with Gasteiger partial charge < -0.3 is 24.8 Å². The van der Waals surface area contributed by atoms with Crippen molar-refractivity contribution in [3.8, 4) is 0 Å². The van der Waals surface area contributed by atoms with Gasteiger partial charge >= 0.3 is 6.09 Å². The molecule has 0 bridgehead atoms. The van der Waals surface area contributed by atoms with Crippen LogP contribution in [0.25, 0.3) is 0 Å². The number of hydrogen-bond acceptors (Lipinski definition) is 4. The number of nitrogens with zero attached hydrogens (tertiary/aromatic N) is 3. The quantitative estimate of drug-likeness (QED) is 0.751. The highest BCUT2D eigenvalue weighted by atomic mass is 32.1. The lowest BCUT2D eigenvalue weighted by Crippen LogP contribution is -2.51. The molecule has 0 saturated carbocycles. The highest BCUT2D eigenvalue weighted by Gasteiger charge is 2.28. The number of likely N-dealkylation sites (N-methyl/N-ethyl adjacent to an activating group) is 1. The van der Waals surface area contributed by atoms with E-state index in [-0.39, 0.29) is 6.09 Å². The Kier molecular flexibility index (Phi) is 8.31. The highest BCUT2D eigenvalue weighted by molar-refractivity contribution is 7.80. The molecule has 0 aliphatic carbocycles. The third-order valence-corrected chi connectivity index (χ3v) is 5.09. The Morgan fingerprint density at radius 1 is 1.30 bits per heavy atom. The minimum absolute atomic E-state index is 0.212. The van der Waals surface area contributed by atoms with Gasteiger partial charge in [-0.1, -0.05) is 12.1 Å². The first-order chi connectivity index (χ1) is 12.9. The number of likely N-dealkylation sites (tertiary alicyclic amines) is 1. The minimum Gasteiger partial charge on any atom is -0.450 e. The van der Waals surface area contributed by atoms with Gasteiger partial charge in [-0.25, -0.2) is 4.79 Å². The molecule has 1 aliphatic heterocycles. The van der Waals surface area contributed by atoms with E-state index in [0.29, 0.717) is 25.7 Å². The topological polar surface area (TPSA) is 48.1 Å². The van der Waals surface area contributed by atoms with E-state index in [9.17, 15) is 4.79 Å². The Balaban J connectivity index is 2.01. The number of hydrogen-bond donors (Lipinski definition) is 1. The van der Waals surface area contributed by atoms with Gasteiger partial charge in [0.2, 0.25) is 0 Å². The van der Waals surface area contributed by atoms with E-state index in [0.717, 1.165) is 36.7 Å². The minimum atomic E-state index is -0.212. The average molecular weight is 393 g/mol. The Morgan fingerprint density at radius 2 is 2.00 bits per heavy atom. The first-order valence-corrected chi connectivity index (χ1v) is 10.0. The number of carbonyl (C=O) groups excluding carboxylic acids is 1. The number of benzene rings is 1. The van der Waals surface area contributed by atoms with Crippen LogP contribution in [0.4, 0.5) is 10.5 Å². The summed E-state index contributed by atoms with van der Waals surface area (Å²) in [5.41, 5.74) is 2.21. The number of nitrogens with one attached hydrogen (secondary N) is 1. The molecule has 6 nitrogen and oxygen atoms in total. The lowest BCUT2D eigenvalue weighted by atomic mass is 10.0. The molecule has 2 rings (SSSR count). The maximum atomic E-state index is 11.9. The average Bonchev–Trinajstić information content (AvgIpc) is 2.62. The van der Waals surface area contributed by atoms with Crippen LogP contribution in [0, 0.1) is 6.92 Å². The predicted molar refractivity (Wildman–Crippen MR) is 114 cm³/mol. The lowest BCUT2D eigenvalue weighted by molar-refractivity contribution is 0.0867. The van der Waals surface area contributed by atoms with E-state index in [2.05, 4.69) is 48.3 Å². The van der Waals surface area contributed by atoms with Crippen LogP contribution >= 0.6 is 12.2 Å². The molecule has 0 unspecified atom stereocenters. The molecule has 1 fully saturated rings. The summed E-state index contributed by atoms with van der Waals surface area (Å²) in [7, 11) is 4.14. The molecule has 150 valence electrons. The largest absolute Gasteiger partial charge is 0.450 e. The van der Waals surface area contributed by atoms with Gasteiger partial charge in [-0.05, 0) is 70.7 Å². The molecule has 1 heterocycles. The van der Waals surface area contributed by atoms with Gasteiger partial charge in [0, 0.05) is 37.9 Å². The smallest absolute Gasteiger partial charge is 0.409 e. The van der Waals surface area contributed by atoms with Crippen LogP contribution < -0.4 is 5.32 Å². The molecule has 1 saturated heterocycles. The number of anilines is 1. The van der Waals surface area contributed by atoms with Crippen LogP contribution in [-0.2, 0) is 4.74 Å². The fraction of sp³-hybridized carbons (Fsp3) is 0.600. The Hall–Kier alpha value is -1.86. The Morgan fingerprint density at radius 3 is 2.59 bits per heavy atom. The van der Waals surface area contributed by atoms with Gasteiger partial charge in [0.1, 0.15) is 0 Å². The van der Waals surface area contributed by atoms with E-state index >= 15 is 0 Å².